The molecule has 1 aromatic heterocycles. The fraction of sp³-hybridized carbons (Fsp3) is 0.476. The zero-order valence-corrected chi connectivity index (χ0v) is 19.5. The standard InChI is InChI=1S/C21H29ClN4O5S/c1-31-20(27)7-5-3-2-4-6-12-25-21(28)18(15-19-23-13-14-24-19)26-32(29,30)17-10-8-16(22)9-11-17/h8-11,13-14,18,26H,2-7,12,15H2,1H3,(H,23,24)(H,25,28). The summed E-state index contributed by atoms with van der Waals surface area (Å²) < 4.78 is 32.5. The van der Waals surface area contributed by atoms with Gasteiger partial charge in [-0.1, -0.05) is 30.9 Å². The SMILES string of the molecule is COC(=O)CCCCCCCNC(=O)C(Cc1ncc[nH]1)NS(=O)(=O)c1ccc(Cl)cc1. The van der Waals surface area contributed by atoms with Crippen LogP contribution in [0.2, 0.25) is 5.02 Å². The molecule has 0 saturated heterocycles. The molecule has 3 N–H and O–H groups in total. The minimum absolute atomic E-state index is 0.0195. The third-order valence-electron chi connectivity index (χ3n) is 4.77. The molecule has 2 aromatic rings. The molecule has 9 nitrogen and oxygen atoms in total. The number of aromatic nitrogens is 2. The zero-order chi connectivity index (χ0) is 23.4. The molecule has 0 radical (unpaired) electrons. The number of carbonyl (C=O) groups is 2. The predicted octanol–water partition coefficient (Wildman–Crippen LogP) is 2.58. The van der Waals surface area contributed by atoms with Crippen molar-refractivity contribution in [2.45, 2.75) is 55.9 Å². The number of imidazole rings is 1. The number of methoxy groups -OCH3 is 1. The Bertz CT molecular complexity index is 949. The highest BCUT2D eigenvalue weighted by atomic mass is 35.5. The lowest BCUT2D eigenvalue weighted by Gasteiger charge is -2.18. The van der Waals surface area contributed by atoms with Crippen molar-refractivity contribution >= 4 is 33.5 Å². The Balaban J connectivity index is 1.86. The van der Waals surface area contributed by atoms with Crippen molar-refractivity contribution in [2.75, 3.05) is 13.7 Å². The first-order valence-electron chi connectivity index (χ1n) is 10.4. The van der Waals surface area contributed by atoms with Crippen molar-refractivity contribution in [3.8, 4) is 0 Å². The number of aromatic amines is 1. The molecule has 0 aliphatic carbocycles. The van der Waals surface area contributed by atoms with E-state index in [1.54, 1.807) is 6.20 Å². The molecule has 0 spiro atoms. The molecule has 11 heteroatoms. The number of sulfonamides is 1. The van der Waals surface area contributed by atoms with Crippen LogP contribution in [0.4, 0.5) is 0 Å². The number of carbonyl (C=O) groups excluding carboxylic acids is 2. The summed E-state index contributed by atoms with van der Waals surface area (Å²) in [4.78, 5) is 30.8. The van der Waals surface area contributed by atoms with Gasteiger partial charge in [0.2, 0.25) is 15.9 Å². The first kappa shape index (κ1) is 25.8. The minimum Gasteiger partial charge on any atom is -0.469 e. The van der Waals surface area contributed by atoms with Crippen LogP contribution in [0, 0.1) is 0 Å². The molecule has 0 aliphatic rings. The number of hydrogen-bond donors (Lipinski definition) is 3. The van der Waals surface area contributed by atoms with Gasteiger partial charge in [-0.25, -0.2) is 13.4 Å². The van der Waals surface area contributed by atoms with Crippen molar-refractivity contribution in [3.05, 3.63) is 47.5 Å². The molecule has 0 bridgehead atoms. The van der Waals surface area contributed by atoms with E-state index in [-0.39, 0.29) is 17.3 Å². The number of benzene rings is 1. The van der Waals surface area contributed by atoms with Crippen molar-refractivity contribution in [3.63, 3.8) is 0 Å². The van der Waals surface area contributed by atoms with Crippen LogP contribution >= 0.6 is 11.6 Å². The van der Waals surface area contributed by atoms with E-state index >= 15 is 0 Å². The van der Waals surface area contributed by atoms with Crippen molar-refractivity contribution in [2.24, 2.45) is 0 Å². The average molecular weight is 485 g/mol. The topological polar surface area (TPSA) is 130 Å². The Morgan fingerprint density at radius 2 is 1.81 bits per heavy atom. The highest BCUT2D eigenvalue weighted by Crippen LogP contribution is 2.15. The molecule has 1 aromatic carbocycles. The lowest BCUT2D eigenvalue weighted by Crippen LogP contribution is -2.48. The summed E-state index contributed by atoms with van der Waals surface area (Å²) in [6.45, 7) is 0.424. The van der Waals surface area contributed by atoms with Crippen LogP contribution in [0.5, 0.6) is 0 Å². The lowest BCUT2D eigenvalue weighted by atomic mass is 10.1. The number of amides is 1. The van der Waals surface area contributed by atoms with Gasteiger partial charge in [-0.2, -0.15) is 4.72 Å². The molecule has 1 amide bonds. The van der Waals surface area contributed by atoms with Crippen LogP contribution in [-0.2, 0) is 30.8 Å². The van der Waals surface area contributed by atoms with Gasteiger partial charge in [-0.05, 0) is 37.1 Å². The molecule has 1 heterocycles. The molecule has 0 fully saturated rings. The second-order valence-electron chi connectivity index (χ2n) is 7.25. The second-order valence-corrected chi connectivity index (χ2v) is 9.40. The molecule has 2 rings (SSSR count). The number of nitrogens with one attached hydrogen (secondary N) is 3. The van der Waals surface area contributed by atoms with Crippen molar-refractivity contribution in [1.29, 1.82) is 0 Å². The Hall–Kier alpha value is -2.43. The fourth-order valence-corrected chi connectivity index (χ4v) is 4.34. The Labute approximate surface area is 193 Å². The zero-order valence-electron chi connectivity index (χ0n) is 18.0. The van der Waals surface area contributed by atoms with Gasteiger partial charge in [0.15, 0.2) is 0 Å². The van der Waals surface area contributed by atoms with E-state index in [0.29, 0.717) is 23.8 Å². The van der Waals surface area contributed by atoms with E-state index in [0.717, 1.165) is 32.1 Å². The number of rotatable bonds is 14. The molecule has 0 saturated carbocycles. The number of hydrogen-bond acceptors (Lipinski definition) is 6. The predicted molar refractivity (Wildman–Crippen MR) is 121 cm³/mol. The summed E-state index contributed by atoms with van der Waals surface area (Å²) in [7, 11) is -2.55. The second kappa shape index (κ2) is 13.2. The smallest absolute Gasteiger partial charge is 0.305 e. The molecule has 1 atom stereocenters. The van der Waals surface area contributed by atoms with Crippen LogP contribution in [-0.4, -0.2) is 50.0 Å². The third-order valence-corrected chi connectivity index (χ3v) is 6.51. The largest absolute Gasteiger partial charge is 0.469 e. The highest BCUT2D eigenvalue weighted by molar-refractivity contribution is 7.89. The lowest BCUT2D eigenvalue weighted by molar-refractivity contribution is -0.140. The first-order valence-corrected chi connectivity index (χ1v) is 12.3. The van der Waals surface area contributed by atoms with E-state index < -0.39 is 22.0 Å². The van der Waals surface area contributed by atoms with Gasteiger partial charge in [0.05, 0.1) is 12.0 Å². The summed E-state index contributed by atoms with van der Waals surface area (Å²) in [5, 5.41) is 3.21. The maximum Gasteiger partial charge on any atom is 0.305 e. The van der Waals surface area contributed by atoms with Gasteiger partial charge in [-0.3, -0.25) is 9.59 Å². The van der Waals surface area contributed by atoms with Crippen LogP contribution in [0.1, 0.15) is 44.3 Å². The highest BCUT2D eigenvalue weighted by Gasteiger charge is 2.26. The normalized spacial score (nSPS) is 12.3. The van der Waals surface area contributed by atoms with Crippen LogP contribution in [0.15, 0.2) is 41.6 Å². The van der Waals surface area contributed by atoms with Gasteiger partial charge >= 0.3 is 5.97 Å². The average Bonchev–Trinajstić information content (AvgIpc) is 3.28. The van der Waals surface area contributed by atoms with E-state index in [1.165, 1.54) is 37.6 Å². The van der Waals surface area contributed by atoms with Crippen molar-refractivity contribution < 1.29 is 22.7 Å². The van der Waals surface area contributed by atoms with Gasteiger partial charge in [0.1, 0.15) is 11.9 Å². The third kappa shape index (κ3) is 8.97. The van der Waals surface area contributed by atoms with Crippen LogP contribution in [0.25, 0.3) is 0 Å². The molecule has 176 valence electrons. The monoisotopic (exact) mass is 484 g/mol. The Morgan fingerprint density at radius 3 is 2.47 bits per heavy atom. The Morgan fingerprint density at radius 1 is 1.12 bits per heavy atom. The molecule has 32 heavy (non-hydrogen) atoms. The first-order chi connectivity index (χ1) is 15.3. The maximum atomic E-state index is 12.7. The molecule has 1 unspecified atom stereocenters. The molecule has 0 aliphatic heterocycles. The van der Waals surface area contributed by atoms with E-state index in [9.17, 15) is 18.0 Å². The summed E-state index contributed by atoms with van der Waals surface area (Å²) in [5.74, 6) is -0.139. The van der Waals surface area contributed by atoms with E-state index in [1.807, 2.05) is 0 Å². The summed E-state index contributed by atoms with van der Waals surface area (Å²) in [6, 6.07) is 4.69. The van der Waals surface area contributed by atoms with Gasteiger partial charge in [0.25, 0.3) is 0 Å². The number of nitrogens with zero attached hydrogens (tertiary/aromatic N) is 1. The summed E-state index contributed by atoms with van der Waals surface area (Å²) in [6.07, 6.45) is 7.90. The summed E-state index contributed by atoms with van der Waals surface area (Å²) in [5.41, 5.74) is 0. The van der Waals surface area contributed by atoms with E-state index in [2.05, 4.69) is 24.7 Å². The number of esters is 1. The number of halogens is 1. The van der Waals surface area contributed by atoms with Crippen molar-refractivity contribution in [1.82, 2.24) is 20.0 Å². The fourth-order valence-electron chi connectivity index (χ4n) is 3.02. The summed E-state index contributed by atoms with van der Waals surface area (Å²) >= 11 is 5.83. The molecular formula is C21H29ClN4O5S. The van der Waals surface area contributed by atoms with Gasteiger partial charge in [0, 0.05) is 36.8 Å². The minimum atomic E-state index is -3.93. The van der Waals surface area contributed by atoms with E-state index in [4.69, 9.17) is 11.6 Å². The van der Waals surface area contributed by atoms with Gasteiger partial charge < -0.3 is 15.0 Å². The quantitative estimate of drug-likeness (QED) is 0.279. The van der Waals surface area contributed by atoms with Gasteiger partial charge in [-0.15, -0.1) is 0 Å². The Kier molecular flexibility index (Phi) is 10.6. The number of H-pyrrole nitrogens is 1. The molecular weight excluding hydrogens is 456 g/mol. The van der Waals surface area contributed by atoms with Crippen LogP contribution in [0.3, 0.4) is 0 Å². The number of unbranched alkanes of at least 4 members (excludes halogenated alkanes) is 4. The van der Waals surface area contributed by atoms with Crippen LogP contribution < -0.4 is 10.0 Å². The number of ether oxygens (including phenoxy) is 1. The maximum absolute atomic E-state index is 12.7.